The Morgan fingerprint density at radius 1 is 0.967 bits per heavy atom. The minimum absolute atomic E-state index is 0.175. The van der Waals surface area contributed by atoms with Crippen LogP contribution in [0.25, 0.3) is 0 Å². The van der Waals surface area contributed by atoms with Gasteiger partial charge in [-0.3, -0.25) is 9.10 Å². The first kappa shape index (κ1) is 21.9. The number of sulfonamides is 1. The van der Waals surface area contributed by atoms with Crippen molar-refractivity contribution >= 4 is 33.2 Å². The Kier molecular flexibility index (Phi) is 6.80. The number of hydrogen-bond donors (Lipinski definition) is 1. The van der Waals surface area contributed by atoms with Crippen molar-refractivity contribution in [3.05, 3.63) is 94.5 Å². The second-order valence-electron chi connectivity index (χ2n) is 6.94. The summed E-state index contributed by atoms with van der Waals surface area (Å²) in [5.41, 5.74) is 2.64. The summed E-state index contributed by atoms with van der Waals surface area (Å²) in [6, 6.07) is 20.7. The summed E-state index contributed by atoms with van der Waals surface area (Å²) in [7, 11) is -2.34. The smallest absolute Gasteiger partial charge is 0.264 e. The first-order chi connectivity index (χ1) is 14.3. The van der Waals surface area contributed by atoms with E-state index in [9.17, 15) is 13.2 Å². The van der Waals surface area contributed by atoms with Crippen LogP contribution < -0.4 is 9.62 Å². The maximum atomic E-state index is 13.0. The maximum Gasteiger partial charge on any atom is 0.264 e. The summed E-state index contributed by atoms with van der Waals surface area (Å²) >= 11 is 5.89. The molecule has 5 nitrogen and oxygen atoms in total. The van der Waals surface area contributed by atoms with Gasteiger partial charge in [-0.05, 0) is 55.3 Å². The van der Waals surface area contributed by atoms with Crippen molar-refractivity contribution in [3.63, 3.8) is 0 Å². The molecule has 156 valence electrons. The van der Waals surface area contributed by atoms with E-state index in [1.807, 2.05) is 19.1 Å². The summed E-state index contributed by atoms with van der Waals surface area (Å²) in [6.07, 6.45) is 0.641. The van der Waals surface area contributed by atoms with Gasteiger partial charge in [-0.25, -0.2) is 8.42 Å². The maximum absolute atomic E-state index is 13.0. The van der Waals surface area contributed by atoms with Crippen molar-refractivity contribution < 1.29 is 13.2 Å². The van der Waals surface area contributed by atoms with Crippen molar-refractivity contribution in [3.8, 4) is 0 Å². The van der Waals surface area contributed by atoms with Crippen molar-refractivity contribution in [2.45, 2.75) is 18.2 Å². The number of halogens is 1. The van der Waals surface area contributed by atoms with E-state index in [1.165, 1.54) is 7.05 Å². The third-order valence-corrected chi connectivity index (χ3v) is 6.82. The van der Waals surface area contributed by atoms with E-state index in [4.69, 9.17) is 11.6 Å². The Labute approximate surface area is 182 Å². The third kappa shape index (κ3) is 5.01. The topological polar surface area (TPSA) is 66.5 Å². The summed E-state index contributed by atoms with van der Waals surface area (Å²) in [5, 5.41) is 3.52. The van der Waals surface area contributed by atoms with Crippen molar-refractivity contribution in [1.29, 1.82) is 0 Å². The van der Waals surface area contributed by atoms with Crippen LogP contribution in [-0.4, -0.2) is 27.9 Å². The fourth-order valence-corrected chi connectivity index (χ4v) is 4.35. The lowest BCUT2D eigenvalue weighted by Gasteiger charge is -2.22. The molecule has 3 aromatic rings. The summed E-state index contributed by atoms with van der Waals surface area (Å²) in [4.78, 5) is 12.9. The van der Waals surface area contributed by atoms with E-state index in [-0.39, 0.29) is 10.8 Å². The van der Waals surface area contributed by atoms with E-state index in [1.54, 1.807) is 60.7 Å². The summed E-state index contributed by atoms with van der Waals surface area (Å²) < 4.78 is 27.2. The highest BCUT2D eigenvalue weighted by atomic mass is 35.5. The van der Waals surface area contributed by atoms with E-state index >= 15 is 0 Å². The number of carbonyl (C=O) groups is 1. The molecule has 0 heterocycles. The van der Waals surface area contributed by atoms with Gasteiger partial charge < -0.3 is 5.32 Å². The molecule has 0 fully saturated rings. The van der Waals surface area contributed by atoms with Crippen LogP contribution in [0.1, 0.15) is 21.5 Å². The number of rotatable bonds is 7. The highest BCUT2D eigenvalue weighted by molar-refractivity contribution is 7.92. The molecule has 1 amide bonds. The number of aryl methyl sites for hydroxylation is 1. The molecule has 0 aliphatic carbocycles. The van der Waals surface area contributed by atoms with Gasteiger partial charge in [-0.15, -0.1) is 0 Å². The van der Waals surface area contributed by atoms with Crippen molar-refractivity contribution in [2.75, 3.05) is 17.9 Å². The van der Waals surface area contributed by atoms with Gasteiger partial charge in [0.1, 0.15) is 0 Å². The number of nitrogens with one attached hydrogen (secondary N) is 1. The zero-order chi connectivity index (χ0) is 21.7. The summed E-state index contributed by atoms with van der Waals surface area (Å²) in [6.45, 7) is 2.31. The second kappa shape index (κ2) is 9.32. The molecule has 0 saturated carbocycles. The van der Waals surface area contributed by atoms with Gasteiger partial charge in [0.25, 0.3) is 15.9 Å². The van der Waals surface area contributed by atoms with Crippen molar-refractivity contribution in [1.82, 2.24) is 5.32 Å². The number of carbonyl (C=O) groups excluding carboxylic acids is 1. The Morgan fingerprint density at radius 2 is 1.60 bits per heavy atom. The quantitative estimate of drug-likeness (QED) is 0.588. The van der Waals surface area contributed by atoms with Crippen LogP contribution in [-0.2, 0) is 16.4 Å². The molecular formula is C23H23ClN2O3S. The van der Waals surface area contributed by atoms with Gasteiger partial charge >= 0.3 is 0 Å². The third-order valence-electron chi connectivity index (χ3n) is 4.78. The molecule has 3 rings (SSSR count). The number of amides is 1. The average Bonchev–Trinajstić information content (AvgIpc) is 2.75. The van der Waals surface area contributed by atoms with Crippen LogP contribution in [0.5, 0.6) is 0 Å². The van der Waals surface area contributed by atoms with Gasteiger partial charge in [-0.2, -0.15) is 0 Å². The molecule has 0 radical (unpaired) electrons. The molecule has 0 aromatic heterocycles. The van der Waals surface area contributed by atoms with E-state index in [2.05, 4.69) is 5.32 Å². The Hall–Kier alpha value is -2.83. The van der Waals surface area contributed by atoms with Gasteiger partial charge in [0.05, 0.1) is 16.1 Å². The first-order valence-electron chi connectivity index (χ1n) is 9.46. The standard InChI is InChI=1S/C23H23ClN2O3S/c1-17-7-13-20(14-8-17)30(28,29)26(2)22-6-4-3-5-21(22)23(27)25-16-15-18-9-11-19(24)12-10-18/h3-14H,15-16H2,1-2H3,(H,25,27). The fourth-order valence-electron chi connectivity index (χ4n) is 3.00. The van der Waals surface area contributed by atoms with Crippen LogP contribution in [0.15, 0.2) is 77.7 Å². The largest absolute Gasteiger partial charge is 0.352 e. The van der Waals surface area contributed by atoms with Gasteiger partial charge in [0.2, 0.25) is 0 Å². The number of hydrogen-bond acceptors (Lipinski definition) is 3. The zero-order valence-corrected chi connectivity index (χ0v) is 18.4. The molecule has 0 atom stereocenters. The number of anilines is 1. The van der Waals surface area contributed by atoms with Crippen LogP contribution in [0, 0.1) is 6.92 Å². The molecule has 7 heteroatoms. The Balaban J connectivity index is 1.76. The molecule has 0 saturated heterocycles. The molecule has 3 aromatic carbocycles. The van der Waals surface area contributed by atoms with E-state index in [0.717, 1.165) is 15.4 Å². The monoisotopic (exact) mass is 442 g/mol. The minimum Gasteiger partial charge on any atom is -0.352 e. The van der Waals surface area contributed by atoms with E-state index in [0.29, 0.717) is 29.2 Å². The average molecular weight is 443 g/mol. The highest BCUT2D eigenvalue weighted by Gasteiger charge is 2.24. The van der Waals surface area contributed by atoms with Crippen LogP contribution in [0.3, 0.4) is 0 Å². The van der Waals surface area contributed by atoms with Crippen LogP contribution >= 0.6 is 11.6 Å². The SMILES string of the molecule is Cc1ccc(S(=O)(=O)N(C)c2ccccc2C(=O)NCCc2ccc(Cl)cc2)cc1. The molecular weight excluding hydrogens is 420 g/mol. The highest BCUT2D eigenvalue weighted by Crippen LogP contribution is 2.26. The lowest BCUT2D eigenvalue weighted by Crippen LogP contribution is -2.31. The van der Waals surface area contributed by atoms with Gasteiger partial charge in [0, 0.05) is 18.6 Å². The number of para-hydroxylation sites is 1. The minimum atomic E-state index is -3.79. The van der Waals surface area contributed by atoms with Crippen LogP contribution in [0.2, 0.25) is 5.02 Å². The lowest BCUT2D eigenvalue weighted by atomic mass is 10.1. The predicted molar refractivity (Wildman–Crippen MR) is 121 cm³/mol. The predicted octanol–water partition coefficient (Wildman–Crippen LogP) is 4.45. The first-order valence-corrected chi connectivity index (χ1v) is 11.3. The Bertz CT molecular complexity index is 1130. The van der Waals surface area contributed by atoms with E-state index < -0.39 is 10.0 Å². The van der Waals surface area contributed by atoms with Crippen LogP contribution in [0.4, 0.5) is 5.69 Å². The molecule has 0 spiro atoms. The normalized spacial score (nSPS) is 11.2. The zero-order valence-electron chi connectivity index (χ0n) is 16.8. The van der Waals surface area contributed by atoms with Gasteiger partial charge in [0.15, 0.2) is 0 Å². The number of benzene rings is 3. The van der Waals surface area contributed by atoms with Crippen molar-refractivity contribution in [2.24, 2.45) is 0 Å². The molecule has 30 heavy (non-hydrogen) atoms. The lowest BCUT2D eigenvalue weighted by molar-refractivity contribution is 0.0955. The molecule has 0 bridgehead atoms. The molecule has 1 N–H and O–H groups in total. The Morgan fingerprint density at radius 3 is 2.27 bits per heavy atom. The fraction of sp³-hybridized carbons (Fsp3) is 0.174. The molecule has 0 unspecified atom stereocenters. The number of nitrogens with zero attached hydrogens (tertiary/aromatic N) is 1. The van der Waals surface area contributed by atoms with Gasteiger partial charge in [-0.1, -0.05) is 53.6 Å². The second-order valence-corrected chi connectivity index (χ2v) is 9.34. The summed E-state index contributed by atoms with van der Waals surface area (Å²) in [5.74, 6) is -0.328. The molecule has 0 aliphatic rings. The molecule has 0 aliphatic heterocycles.